The van der Waals surface area contributed by atoms with E-state index >= 15 is 0 Å². The molecule has 1 aromatic carbocycles. The summed E-state index contributed by atoms with van der Waals surface area (Å²) in [6.07, 6.45) is 3.34. The summed E-state index contributed by atoms with van der Waals surface area (Å²) in [5.74, 6) is -0.234. The van der Waals surface area contributed by atoms with Gasteiger partial charge < -0.3 is 11.1 Å². The number of nitrogens with two attached hydrogens (primary N) is 1. The fourth-order valence-corrected chi connectivity index (χ4v) is 2.93. The van der Waals surface area contributed by atoms with E-state index in [1.807, 2.05) is 24.3 Å². The molecule has 0 aliphatic heterocycles. The minimum atomic E-state index is -0.715. The number of aromatic nitrogens is 3. The van der Waals surface area contributed by atoms with Crippen molar-refractivity contribution in [2.24, 2.45) is 12.8 Å². The second-order valence-corrected chi connectivity index (χ2v) is 5.83. The summed E-state index contributed by atoms with van der Waals surface area (Å²) in [6.45, 7) is 0.381. The van der Waals surface area contributed by atoms with E-state index in [2.05, 4.69) is 15.4 Å². The van der Waals surface area contributed by atoms with Crippen LogP contribution in [0.2, 0.25) is 0 Å². The van der Waals surface area contributed by atoms with Crippen LogP contribution < -0.4 is 11.1 Å². The maximum absolute atomic E-state index is 12.0. The lowest BCUT2D eigenvalue weighted by molar-refractivity contribution is -0.122. The minimum Gasteiger partial charge on any atom is -0.348 e. The summed E-state index contributed by atoms with van der Waals surface area (Å²) >= 11 is 1.57. The largest absolute Gasteiger partial charge is 0.348 e. The van der Waals surface area contributed by atoms with Crippen molar-refractivity contribution in [1.82, 2.24) is 20.1 Å². The van der Waals surface area contributed by atoms with Gasteiger partial charge in [0.1, 0.15) is 11.0 Å². The Hall–Kier alpha value is -2.25. The van der Waals surface area contributed by atoms with Crippen molar-refractivity contribution in [3.63, 3.8) is 0 Å². The third-order valence-corrected chi connectivity index (χ3v) is 4.15. The van der Waals surface area contributed by atoms with Crippen molar-refractivity contribution in [3.8, 4) is 0 Å². The van der Waals surface area contributed by atoms with Gasteiger partial charge in [-0.15, -0.1) is 11.3 Å². The van der Waals surface area contributed by atoms with Gasteiger partial charge in [0.15, 0.2) is 0 Å². The highest BCUT2D eigenvalue weighted by Gasteiger charge is 2.17. The van der Waals surface area contributed by atoms with Crippen LogP contribution in [0.1, 0.15) is 16.6 Å². The second kappa shape index (κ2) is 5.63. The van der Waals surface area contributed by atoms with E-state index in [4.69, 9.17) is 5.73 Å². The number of benzene rings is 1. The summed E-state index contributed by atoms with van der Waals surface area (Å²) < 4.78 is 2.73. The average molecular weight is 301 g/mol. The molecule has 0 aliphatic carbocycles. The molecule has 0 saturated heterocycles. The molecule has 1 amide bonds. The SMILES string of the molecule is Cn1cc(C(N)C(=O)NCc2nc3ccccc3s2)cn1. The van der Waals surface area contributed by atoms with Crippen LogP contribution in [-0.4, -0.2) is 20.7 Å². The van der Waals surface area contributed by atoms with Gasteiger partial charge in [0.25, 0.3) is 0 Å². The Morgan fingerprint density at radius 1 is 1.48 bits per heavy atom. The maximum atomic E-state index is 12.0. The van der Waals surface area contributed by atoms with Gasteiger partial charge in [-0.1, -0.05) is 12.1 Å². The van der Waals surface area contributed by atoms with Crippen LogP contribution in [0.25, 0.3) is 10.2 Å². The zero-order valence-corrected chi connectivity index (χ0v) is 12.3. The van der Waals surface area contributed by atoms with E-state index in [0.29, 0.717) is 12.1 Å². The van der Waals surface area contributed by atoms with E-state index in [-0.39, 0.29) is 5.91 Å². The Morgan fingerprint density at radius 2 is 2.29 bits per heavy atom. The maximum Gasteiger partial charge on any atom is 0.241 e. The Bertz CT molecular complexity index is 745. The molecular formula is C14H15N5OS. The topological polar surface area (TPSA) is 85.8 Å². The number of nitrogens with one attached hydrogen (secondary N) is 1. The fourth-order valence-electron chi connectivity index (χ4n) is 2.02. The van der Waals surface area contributed by atoms with Gasteiger partial charge in [-0.25, -0.2) is 4.98 Å². The van der Waals surface area contributed by atoms with Crippen molar-refractivity contribution in [1.29, 1.82) is 0 Å². The Kier molecular flexibility index (Phi) is 3.68. The molecule has 3 N–H and O–H groups in total. The predicted molar refractivity (Wildman–Crippen MR) is 81.6 cm³/mol. The molecule has 2 heterocycles. The molecule has 0 saturated carbocycles. The number of carbonyl (C=O) groups is 1. The second-order valence-electron chi connectivity index (χ2n) is 4.72. The number of hydrogen-bond donors (Lipinski definition) is 2. The van der Waals surface area contributed by atoms with Crippen molar-refractivity contribution in [3.05, 3.63) is 47.2 Å². The Morgan fingerprint density at radius 3 is 3.00 bits per heavy atom. The van der Waals surface area contributed by atoms with E-state index in [1.165, 1.54) is 0 Å². The molecule has 3 rings (SSSR count). The molecule has 7 heteroatoms. The molecule has 0 bridgehead atoms. The van der Waals surface area contributed by atoms with Crippen molar-refractivity contribution < 1.29 is 4.79 Å². The molecule has 108 valence electrons. The number of rotatable bonds is 4. The zero-order chi connectivity index (χ0) is 14.8. The number of fused-ring (bicyclic) bond motifs is 1. The zero-order valence-electron chi connectivity index (χ0n) is 11.5. The third kappa shape index (κ3) is 2.93. The predicted octanol–water partition coefficient (Wildman–Crippen LogP) is 1.35. The van der Waals surface area contributed by atoms with Crippen molar-refractivity contribution in [2.75, 3.05) is 0 Å². The van der Waals surface area contributed by atoms with Gasteiger partial charge in [-0.3, -0.25) is 9.48 Å². The number of thiazole rings is 1. The average Bonchev–Trinajstić information content (AvgIpc) is 3.09. The standard InChI is InChI=1S/C14H15N5OS/c1-19-8-9(6-17-19)13(15)14(20)16-7-12-18-10-4-2-3-5-11(10)21-12/h2-6,8,13H,7,15H2,1H3,(H,16,20). The van der Waals surface area contributed by atoms with E-state index in [9.17, 15) is 4.79 Å². The first-order valence-corrected chi connectivity index (χ1v) is 7.31. The highest BCUT2D eigenvalue weighted by Crippen LogP contribution is 2.21. The van der Waals surface area contributed by atoms with E-state index < -0.39 is 6.04 Å². The van der Waals surface area contributed by atoms with E-state index in [0.717, 1.165) is 15.2 Å². The van der Waals surface area contributed by atoms with Crippen LogP contribution in [0.4, 0.5) is 0 Å². The highest BCUT2D eigenvalue weighted by atomic mass is 32.1. The number of para-hydroxylation sites is 1. The number of aryl methyl sites for hydroxylation is 1. The van der Waals surface area contributed by atoms with Crippen LogP contribution in [0.15, 0.2) is 36.7 Å². The van der Waals surface area contributed by atoms with Crippen LogP contribution in [0.3, 0.4) is 0 Å². The molecule has 0 radical (unpaired) electrons. The monoisotopic (exact) mass is 301 g/mol. The van der Waals surface area contributed by atoms with Crippen LogP contribution >= 0.6 is 11.3 Å². The normalized spacial score (nSPS) is 12.5. The van der Waals surface area contributed by atoms with Gasteiger partial charge in [-0.05, 0) is 12.1 Å². The number of hydrogen-bond acceptors (Lipinski definition) is 5. The number of nitrogens with zero attached hydrogens (tertiary/aromatic N) is 3. The Labute approximate surface area is 125 Å². The first kappa shape index (κ1) is 13.7. The summed E-state index contributed by atoms with van der Waals surface area (Å²) in [5.41, 5.74) is 7.55. The summed E-state index contributed by atoms with van der Waals surface area (Å²) in [4.78, 5) is 16.5. The Balaban J connectivity index is 1.65. The van der Waals surface area contributed by atoms with Gasteiger partial charge in [0.2, 0.25) is 5.91 Å². The summed E-state index contributed by atoms with van der Waals surface area (Å²) in [6, 6.07) is 7.18. The van der Waals surface area contributed by atoms with Gasteiger partial charge >= 0.3 is 0 Å². The summed E-state index contributed by atoms with van der Waals surface area (Å²) in [7, 11) is 1.79. The fraction of sp³-hybridized carbons (Fsp3) is 0.214. The van der Waals surface area contributed by atoms with E-state index in [1.54, 1.807) is 35.5 Å². The van der Waals surface area contributed by atoms with Gasteiger partial charge in [-0.2, -0.15) is 5.10 Å². The van der Waals surface area contributed by atoms with Gasteiger partial charge in [0, 0.05) is 18.8 Å². The van der Waals surface area contributed by atoms with Crippen molar-refractivity contribution >= 4 is 27.5 Å². The third-order valence-electron chi connectivity index (χ3n) is 3.12. The first-order chi connectivity index (χ1) is 10.1. The smallest absolute Gasteiger partial charge is 0.241 e. The van der Waals surface area contributed by atoms with Crippen LogP contribution in [0.5, 0.6) is 0 Å². The van der Waals surface area contributed by atoms with Gasteiger partial charge in [0.05, 0.1) is 23.0 Å². The molecule has 1 atom stereocenters. The number of carbonyl (C=O) groups excluding carboxylic acids is 1. The molecule has 1 unspecified atom stereocenters. The molecule has 0 spiro atoms. The molecule has 21 heavy (non-hydrogen) atoms. The lowest BCUT2D eigenvalue weighted by Crippen LogP contribution is -2.33. The molecule has 2 aromatic heterocycles. The summed E-state index contributed by atoms with van der Waals surface area (Å²) in [5, 5.41) is 7.69. The first-order valence-electron chi connectivity index (χ1n) is 6.50. The van der Waals surface area contributed by atoms with Crippen molar-refractivity contribution in [2.45, 2.75) is 12.6 Å². The molecule has 0 aliphatic rings. The minimum absolute atomic E-state index is 0.234. The molecule has 0 fully saturated rings. The lowest BCUT2D eigenvalue weighted by Gasteiger charge is -2.09. The molecule has 3 aromatic rings. The quantitative estimate of drug-likeness (QED) is 0.761. The van der Waals surface area contributed by atoms with Crippen LogP contribution in [-0.2, 0) is 18.4 Å². The number of amides is 1. The lowest BCUT2D eigenvalue weighted by atomic mass is 10.1. The highest BCUT2D eigenvalue weighted by molar-refractivity contribution is 7.18. The molecule has 6 nitrogen and oxygen atoms in total. The van der Waals surface area contributed by atoms with Crippen LogP contribution in [0, 0.1) is 0 Å². The molecular weight excluding hydrogens is 286 g/mol.